The average molecular weight is 325 g/mol. The molecular formula is C13H13N2O6S-. The van der Waals surface area contributed by atoms with Crippen molar-refractivity contribution in [2.24, 2.45) is 0 Å². The Kier molecular flexibility index (Phi) is 4.59. The van der Waals surface area contributed by atoms with Crippen LogP contribution in [0.3, 0.4) is 0 Å². The highest BCUT2D eigenvalue weighted by Crippen LogP contribution is 2.15. The van der Waals surface area contributed by atoms with Gasteiger partial charge in [0.1, 0.15) is 0 Å². The number of hydrogen-bond acceptors (Lipinski definition) is 6. The standard InChI is InChI=1S/C13H14N2O6S/c1-21-5-4-15-22(19,20)8-2-3-11-9(6-8)12(16)10(7-14-11)13(17)18/h2-3,6-7,15H,4-5H2,1H3,(H,14,16)(H,17,18)/p-1. The fourth-order valence-electron chi connectivity index (χ4n) is 1.88. The van der Waals surface area contributed by atoms with Crippen LogP contribution in [0.1, 0.15) is 10.4 Å². The van der Waals surface area contributed by atoms with Crippen molar-refractivity contribution in [2.75, 3.05) is 20.3 Å². The lowest BCUT2D eigenvalue weighted by molar-refractivity contribution is -0.255. The number of aromatic nitrogens is 1. The summed E-state index contributed by atoms with van der Waals surface area (Å²) in [5, 5.41) is 10.8. The predicted octanol–water partition coefficient (Wildman–Crippen LogP) is -1.18. The molecule has 2 rings (SSSR count). The molecule has 0 saturated heterocycles. The van der Waals surface area contributed by atoms with E-state index in [9.17, 15) is 23.1 Å². The van der Waals surface area contributed by atoms with Gasteiger partial charge in [-0.1, -0.05) is 0 Å². The van der Waals surface area contributed by atoms with Gasteiger partial charge in [-0.05, 0) is 18.2 Å². The van der Waals surface area contributed by atoms with Gasteiger partial charge in [-0.2, -0.15) is 0 Å². The zero-order valence-corrected chi connectivity index (χ0v) is 12.4. The number of aromatic carboxylic acids is 1. The third-order valence-corrected chi connectivity index (χ3v) is 4.44. The molecule has 2 N–H and O–H groups in total. The van der Waals surface area contributed by atoms with Crippen molar-refractivity contribution >= 4 is 26.9 Å². The third-order valence-electron chi connectivity index (χ3n) is 2.98. The summed E-state index contributed by atoms with van der Waals surface area (Å²) in [7, 11) is -2.38. The van der Waals surface area contributed by atoms with Crippen LogP contribution in [0.15, 0.2) is 34.1 Å². The first-order chi connectivity index (χ1) is 10.4. The minimum atomic E-state index is -3.82. The third kappa shape index (κ3) is 3.16. The van der Waals surface area contributed by atoms with Gasteiger partial charge in [-0.25, -0.2) is 13.1 Å². The summed E-state index contributed by atoms with van der Waals surface area (Å²) >= 11 is 0. The number of rotatable bonds is 6. The highest BCUT2D eigenvalue weighted by molar-refractivity contribution is 7.89. The van der Waals surface area contributed by atoms with Crippen molar-refractivity contribution in [3.63, 3.8) is 0 Å². The van der Waals surface area contributed by atoms with Crippen LogP contribution in [0.5, 0.6) is 0 Å². The van der Waals surface area contributed by atoms with Crippen LogP contribution in [0.2, 0.25) is 0 Å². The average Bonchev–Trinajstić information content (AvgIpc) is 2.47. The SMILES string of the molecule is COCCNS(=O)(=O)c1ccc2[nH]cc(C(=O)[O-])c(=O)c2c1. The van der Waals surface area contributed by atoms with E-state index >= 15 is 0 Å². The number of methoxy groups -OCH3 is 1. The molecule has 22 heavy (non-hydrogen) atoms. The van der Waals surface area contributed by atoms with Crippen molar-refractivity contribution in [1.29, 1.82) is 0 Å². The molecule has 1 aromatic carbocycles. The van der Waals surface area contributed by atoms with Crippen molar-refractivity contribution in [2.45, 2.75) is 4.90 Å². The quantitative estimate of drug-likeness (QED) is 0.643. The summed E-state index contributed by atoms with van der Waals surface area (Å²) in [4.78, 5) is 25.4. The number of aromatic amines is 1. The number of ether oxygens (including phenoxy) is 1. The van der Waals surface area contributed by atoms with E-state index in [1.165, 1.54) is 19.2 Å². The lowest BCUT2D eigenvalue weighted by atomic mass is 10.1. The number of carboxylic acids is 1. The molecule has 1 aromatic heterocycles. The fourth-order valence-corrected chi connectivity index (χ4v) is 2.92. The normalized spacial score (nSPS) is 11.7. The van der Waals surface area contributed by atoms with Crippen LogP contribution in [-0.4, -0.2) is 39.6 Å². The van der Waals surface area contributed by atoms with E-state index in [0.717, 1.165) is 12.3 Å². The molecule has 0 bridgehead atoms. The Balaban J connectivity index is 2.52. The summed E-state index contributed by atoms with van der Waals surface area (Å²) in [5.41, 5.74) is -1.04. The number of sulfonamides is 1. The van der Waals surface area contributed by atoms with Crippen LogP contribution < -0.4 is 15.3 Å². The summed E-state index contributed by atoms with van der Waals surface area (Å²) in [6.07, 6.45) is 1.02. The van der Waals surface area contributed by atoms with E-state index in [2.05, 4.69) is 9.71 Å². The highest BCUT2D eigenvalue weighted by atomic mass is 32.2. The second-order valence-corrected chi connectivity index (χ2v) is 6.18. The minimum absolute atomic E-state index is 0.0451. The van der Waals surface area contributed by atoms with Crippen LogP contribution in [0, 0.1) is 0 Å². The lowest BCUT2D eigenvalue weighted by Gasteiger charge is -2.08. The molecule has 0 unspecified atom stereocenters. The number of fused-ring (bicyclic) bond motifs is 1. The van der Waals surface area contributed by atoms with Gasteiger partial charge in [0.15, 0.2) is 5.43 Å². The number of carbonyl (C=O) groups is 1. The summed E-state index contributed by atoms with van der Waals surface area (Å²) in [5.74, 6) is -1.63. The Morgan fingerprint density at radius 2 is 2.14 bits per heavy atom. The predicted molar refractivity (Wildman–Crippen MR) is 76.0 cm³/mol. The Morgan fingerprint density at radius 1 is 1.41 bits per heavy atom. The van der Waals surface area contributed by atoms with Crippen LogP contribution >= 0.6 is 0 Å². The Hall–Kier alpha value is -2.23. The Morgan fingerprint density at radius 3 is 2.77 bits per heavy atom. The molecule has 8 nitrogen and oxygen atoms in total. The maximum absolute atomic E-state index is 12.1. The number of carbonyl (C=O) groups excluding carboxylic acids is 1. The van der Waals surface area contributed by atoms with Crippen molar-refractivity contribution in [3.05, 3.63) is 40.2 Å². The van der Waals surface area contributed by atoms with E-state index in [1.54, 1.807) is 0 Å². The first-order valence-electron chi connectivity index (χ1n) is 6.22. The maximum Gasteiger partial charge on any atom is 0.240 e. The van der Waals surface area contributed by atoms with Crippen LogP contribution in [-0.2, 0) is 14.8 Å². The first kappa shape index (κ1) is 16.1. The van der Waals surface area contributed by atoms with Crippen molar-refractivity contribution < 1.29 is 23.1 Å². The number of pyridine rings is 1. The molecule has 0 aliphatic rings. The van der Waals surface area contributed by atoms with Gasteiger partial charge in [0, 0.05) is 30.8 Å². The molecule has 0 spiro atoms. The molecule has 0 fully saturated rings. The van der Waals surface area contributed by atoms with E-state index in [4.69, 9.17) is 4.74 Å². The van der Waals surface area contributed by atoms with E-state index in [1.807, 2.05) is 0 Å². The number of benzene rings is 1. The Bertz CT molecular complexity index is 872. The van der Waals surface area contributed by atoms with E-state index in [-0.39, 0.29) is 23.4 Å². The van der Waals surface area contributed by atoms with Crippen molar-refractivity contribution in [3.8, 4) is 0 Å². The van der Waals surface area contributed by atoms with E-state index < -0.39 is 27.0 Å². The molecule has 0 amide bonds. The van der Waals surface area contributed by atoms with Crippen molar-refractivity contribution in [1.82, 2.24) is 9.71 Å². The van der Waals surface area contributed by atoms with E-state index in [0.29, 0.717) is 5.52 Å². The summed E-state index contributed by atoms with van der Waals surface area (Å²) < 4.78 is 31.2. The summed E-state index contributed by atoms with van der Waals surface area (Å²) in [6.45, 7) is 0.272. The van der Waals surface area contributed by atoms with Gasteiger partial charge >= 0.3 is 0 Å². The molecule has 2 aromatic rings. The highest BCUT2D eigenvalue weighted by Gasteiger charge is 2.15. The molecule has 1 heterocycles. The molecule has 0 radical (unpaired) electrons. The second-order valence-electron chi connectivity index (χ2n) is 4.42. The zero-order chi connectivity index (χ0) is 16.3. The van der Waals surface area contributed by atoms with Crippen LogP contribution in [0.4, 0.5) is 0 Å². The molecular weight excluding hydrogens is 312 g/mol. The molecule has 0 aliphatic carbocycles. The second kappa shape index (κ2) is 6.26. The fraction of sp³-hybridized carbons (Fsp3) is 0.231. The van der Waals surface area contributed by atoms with Gasteiger partial charge in [-0.3, -0.25) is 4.79 Å². The molecule has 9 heteroatoms. The number of nitrogens with one attached hydrogen (secondary N) is 2. The largest absolute Gasteiger partial charge is 0.545 e. The lowest BCUT2D eigenvalue weighted by Crippen LogP contribution is -2.29. The molecule has 0 atom stereocenters. The van der Waals surface area contributed by atoms with Gasteiger partial charge in [0.2, 0.25) is 10.0 Å². The first-order valence-corrected chi connectivity index (χ1v) is 7.70. The molecule has 118 valence electrons. The number of carboxylic acid groups (broad SMARTS) is 1. The monoisotopic (exact) mass is 325 g/mol. The number of hydrogen-bond donors (Lipinski definition) is 2. The van der Waals surface area contributed by atoms with Gasteiger partial charge < -0.3 is 19.6 Å². The number of H-pyrrole nitrogens is 1. The van der Waals surface area contributed by atoms with Gasteiger partial charge in [0.25, 0.3) is 0 Å². The van der Waals surface area contributed by atoms with Gasteiger partial charge in [0.05, 0.1) is 23.0 Å². The smallest absolute Gasteiger partial charge is 0.240 e. The minimum Gasteiger partial charge on any atom is -0.545 e. The zero-order valence-electron chi connectivity index (χ0n) is 11.6. The molecule has 0 saturated carbocycles. The maximum atomic E-state index is 12.1. The van der Waals surface area contributed by atoms with Gasteiger partial charge in [-0.15, -0.1) is 0 Å². The molecule has 0 aliphatic heterocycles. The Labute approximate surface area is 125 Å². The van der Waals surface area contributed by atoms with Crippen LogP contribution in [0.25, 0.3) is 10.9 Å². The summed E-state index contributed by atoms with van der Waals surface area (Å²) in [6, 6.07) is 3.82. The topological polar surface area (TPSA) is 128 Å².